The molecule has 3 heteroatoms. The Morgan fingerprint density at radius 1 is 1.25 bits per heavy atom. The summed E-state index contributed by atoms with van der Waals surface area (Å²) in [4.78, 5) is 10.6. The van der Waals surface area contributed by atoms with E-state index < -0.39 is 0 Å². The molecule has 1 atom stereocenters. The topological polar surface area (TPSA) is 26.3 Å². The summed E-state index contributed by atoms with van der Waals surface area (Å²) in [7, 11) is 1.09. The molecule has 0 heterocycles. The van der Waals surface area contributed by atoms with Gasteiger partial charge in [-0.3, -0.25) is 4.79 Å². The number of carbonyl (C=O) groups is 1. The van der Waals surface area contributed by atoms with E-state index >= 15 is 0 Å². The molecule has 2 nitrogen and oxygen atoms in total. The van der Waals surface area contributed by atoms with Gasteiger partial charge in [0.1, 0.15) is 0 Å². The molecule has 0 aliphatic heterocycles. The minimum Gasteiger partial charge on any atom is -0.466 e. The fraction of sp³-hybridized carbons (Fsp3) is 0.923. The number of esters is 1. The van der Waals surface area contributed by atoms with Crippen LogP contribution in [0.2, 0.25) is 0 Å². The average molecular weight is 246 g/mol. The zero-order valence-electron chi connectivity index (χ0n) is 11.2. The van der Waals surface area contributed by atoms with Crippen LogP contribution in [0.3, 0.4) is 0 Å². The Bertz CT molecular complexity index is 175. The quantitative estimate of drug-likeness (QED) is 0.558. The van der Waals surface area contributed by atoms with E-state index in [1.807, 2.05) is 0 Å². The molecule has 1 fully saturated rings. The molecule has 0 bridgehead atoms. The number of ether oxygens (including phenoxy) is 1. The highest BCUT2D eigenvalue weighted by atomic mass is 31.1. The second-order valence-electron chi connectivity index (χ2n) is 4.52. The van der Waals surface area contributed by atoms with Crippen LogP contribution in [0, 0.1) is 5.92 Å². The van der Waals surface area contributed by atoms with Gasteiger partial charge in [-0.25, -0.2) is 0 Å². The molecule has 0 aromatic carbocycles. The monoisotopic (exact) mass is 246 g/mol. The van der Waals surface area contributed by atoms with Crippen LogP contribution >= 0.6 is 8.58 Å². The molecule has 0 spiro atoms. The van der Waals surface area contributed by atoms with Crippen LogP contribution < -0.4 is 0 Å². The lowest BCUT2D eigenvalue weighted by Crippen LogP contribution is -2.20. The van der Waals surface area contributed by atoms with Gasteiger partial charge in [-0.1, -0.05) is 20.3 Å². The molecular formula is C13H27O2P. The lowest BCUT2D eigenvalue weighted by Gasteiger charge is -2.27. The third-order valence-electron chi connectivity index (χ3n) is 2.78. The molecule has 1 unspecified atom stereocenters. The molecule has 1 saturated carbocycles. The Morgan fingerprint density at radius 2 is 1.75 bits per heavy atom. The summed E-state index contributed by atoms with van der Waals surface area (Å²) in [6, 6.07) is 0. The summed E-state index contributed by atoms with van der Waals surface area (Å²) in [6.07, 6.45) is 6.42. The van der Waals surface area contributed by atoms with Crippen molar-refractivity contribution in [3.8, 4) is 0 Å². The van der Waals surface area contributed by atoms with Crippen molar-refractivity contribution >= 4 is 14.6 Å². The first-order chi connectivity index (χ1) is 7.63. The fourth-order valence-electron chi connectivity index (χ4n) is 1.85. The number of rotatable bonds is 3. The minimum absolute atomic E-state index is 0.139. The molecule has 0 radical (unpaired) electrons. The molecule has 96 valence electrons. The van der Waals surface area contributed by atoms with Gasteiger partial charge in [-0.05, 0) is 43.9 Å². The number of hydrogen-bond acceptors (Lipinski definition) is 2. The Labute approximate surface area is 102 Å². The zero-order valence-corrected chi connectivity index (χ0v) is 12.2. The highest BCUT2D eigenvalue weighted by Crippen LogP contribution is 2.33. The van der Waals surface area contributed by atoms with Crippen LogP contribution in [-0.4, -0.2) is 24.9 Å². The van der Waals surface area contributed by atoms with Crippen molar-refractivity contribution in [1.82, 2.24) is 0 Å². The summed E-state index contributed by atoms with van der Waals surface area (Å²) in [5, 5.41) is 0. The number of carbonyl (C=O) groups excluding carboxylic acids is 1. The number of hydrogen-bond donors (Lipinski definition) is 0. The molecule has 0 amide bonds. The van der Waals surface area contributed by atoms with Crippen molar-refractivity contribution in [2.45, 2.75) is 58.5 Å². The van der Waals surface area contributed by atoms with Crippen LogP contribution in [-0.2, 0) is 9.53 Å². The van der Waals surface area contributed by atoms with Crippen molar-refractivity contribution in [1.29, 1.82) is 0 Å². The highest BCUT2D eigenvalue weighted by Gasteiger charge is 2.20. The van der Waals surface area contributed by atoms with E-state index in [-0.39, 0.29) is 5.97 Å². The first-order valence-corrected chi connectivity index (χ1v) is 8.02. The lowest BCUT2D eigenvalue weighted by molar-refractivity contribution is -0.142. The second kappa shape index (κ2) is 10.1. The molecule has 0 saturated heterocycles. The average Bonchev–Trinajstić information content (AvgIpc) is 2.28. The van der Waals surface area contributed by atoms with Crippen molar-refractivity contribution < 1.29 is 9.53 Å². The molecule has 0 N–H and O–H groups in total. The van der Waals surface area contributed by atoms with Crippen LogP contribution in [0.1, 0.15) is 52.9 Å². The van der Waals surface area contributed by atoms with Gasteiger partial charge >= 0.3 is 5.97 Å². The maximum atomic E-state index is 10.6. The Hall–Kier alpha value is -0.100. The van der Waals surface area contributed by atoms with Gasteiger partial charge in [0.05, 0.1) is 6.61 Å². The van der Waals surface area contributed by atoms with Gasteiger partial charge in [-0.15, -0.1) is 8.58 Å². The van der Waals surface area contributed by atoms with Crippen molar-refractivity contribution in [2.24, 2.45) is 5.92 Å². The Kier molecular flexibility index (Phi) is 10.0. The molecule has 0 aromatic heterocycles. The third-order valence-corrected chi connectivity index (χ3v) is 4.17. The first kappa shape index (κ1) is 15.9. The maximum absolute atomic E-state index is 10.6. The predicted octanol–water partition coefficient (Wildman–Crippen LogP) is 3.83. The molecule has 1 aliphatic carbocycles. The van der Waals surface area contributed by atoms with E-state index in [0.717, 1.165) is 14.2 Å². The standard InChI is InChI=1S/C10H19O2P.C3H8/c1-8(11)12-7-9-3-5-10(13-2)6-4-9;1-3-2/h9-10,13H,3-7H2,1-2H3;3H2,1-2H3. The molecule has 0 aromatic rings. The molecule has 16 heavy (non-hydrogen) atoms. The summed E-state index contributed by atoms with van der Waals surface area (Å²) in [6.45, 7) is 8.67. The Morgan fingerprint density at radius 3 is 2.12 bits per heavy atom. The van der Waals surface area contributed by atoms with Gasteiger partial charge < -0.3 is 4.74 Å². The van der Waals surface area contributed by atoms with E-state index in [0.29, 0.717) is 12.5 Å². The van der Waals surface area contributed by atoms with E-state index in [9.17, 15) is 4.79 Å². The van der Waals surface area contributed by atoms with E-state index in [4.69, 9.17) is 4.74 Å². The SMILES string of the molecule is CCC.CPC1CCC(COC(C)=O)CC1. The van der Waals surface area contributed by atoms with Gasteiger partial charge in [0.25, 0.3) is 0 Å². The summed E-state index contributed by atoms with van der Waals surface area (Å²) in [5.41, 5.74) is 0.952. The predicted molar refractivity (Wildman–Crippen MR) is 72.6 cm³/mol. The second-order valence-corrected chi connectivity index (χ2v) is 5.91. The summed E-state index contributed by atoms with van der Waals surface area (Å²) < 4.78 is 5.01. The fourth-order valence-corrected chi connectivity index (χ4v) is 2.76. The highest BCUT2D eigenvalue weighted by molar-refractivity contribution is 7.37. The van der Waals surface area contributed by atoms with Crippen LogP contribution in [0.4, 0.5) is 0 Å². The zero-order chi connectivity index (χ0) is 12.4. The molecular weight excluding hydrogens is 219 g/mol. The largest absolute Gasteiger partial charge is 0.466 e. The maximum Gasteiger partial charge on any atom is 0.302 e. The minimum atomic E-state index is -0.139. The van der Waals surface area contributed by atoms with Gasteiger partial charge in [0.15, 0.2) is 0 Å². The van der Waals surface area contributed by atoms with Crippen molar-refractivity contribution in [3.05, 3.63) is 0 Å². The molecule has 1 rings (SSSR count). The van der Waals surface area contributed by atoms with Crippen LogP contribution in [0.25, 0.3) is 0 Å². The van der Waals surface area contributed by atoms with Gasteiger partial charge in [0, 0.05) is 6.92 Å². The van der Waals surface area contributed by atoms with E-state index in [2.05, 4.69) is 20.5 Å². The summed E-state index contributed by atoms with van der Waals surface area (Å²) in [5.74, 6) is 0.496. The van der Waals surface area contributed by atoms with Crippen LogP contribution in [0.15, 0.2) is 0 Å². The van der Waals surface area contributed by atoms with E-state index in [1.165, 1.54) is 39.0 Å². The van der Waals surface area contributed by atoms with E-state index in [1.54, 1.807) is 0 Å². The van der Waals surface area contributed by atoms with Gasteiger partial charge in [0.2, 0.25) is 0 Å². The van der Waals surface area contributed by atoms with Gasteiger partial charge in [-0.2, -0.15) is 0 Å². The smallest absolute Gasteiger partial charge is 0.302 e. The van der Waals surface area contributed by atoms with Crippen molar-refractivity contribution in [3.63, 3.8) is 0 Å². The van der Waals surface area contributed by atoms with Crippen LogP contribution in [0.5, 0.6) is 0 Å². The lowest BCUT2D eigenvalue weighted by atomic mass is 9.89. The normalized spacial score (nSPS) is 25.0. The Balaban J connectivity index is 0.000000673. The first-order valence-electron chi connectivity index (χ1n) is 6.44. The third kappa shape index (κ3) is 8.10. The van der Waals surface area contributed by atoms with Crippen molar-refractivity contribution in [2.75, 3.05) is 13.3 Å². The molecule has 1 aliphatic rings. The summed E-state index contributed by atoms with van der Waals surface area (Å²) >= 11 is 0.